The molecule has 0 spiro atoms. The second-order valence-electron chi connectivity index (χ2n) is 12.6. The molecule has 0 aliphatic carbocycles. The predicted molar refractivity (Wildman–Crippen MR) is 222 cm³/mol. The highest BCUT2D eigenvalue weighted by Gasteiger charge is 2.30. The number of amides is 3. The molecule has 0 saturated heterocycles. The Labute approximate surface area is 338 Å². The van der Waals surface area contributed by atoms with Gasteiger partial charge >= 0.3 is 5.97 Å². The summed E-state index contributed by atoms with van der Waals surface area (Å²) in [7, 11) is 0. The minimum atomic E-state index is -0.594. The first kappa shape index (κ1) is 39.8. The van der Waals surface area contributed by atoms with Gasteiger partial charge in [-0.15, -0.1) is 23.1 Å². The normalized spacial score (nSPS) is 13.3. The van der Waals surface area contributed by atoms with Gasteiger partial charge in [0.25, 0.3) is 11.8 Å². The average Bonchev–Trinajstić information content (AvgIpc) is 3.54. The van der Waals surface area contributed by atoms with Gasteiger partial charge in [0.2, 0.25) is 5.91 Å². The van der Waals surface area contributed by atoms with Crippen molar-refractivity contribution in [1.82, 2.24) is 10.2 Å². The first-order chi connectivity index (χ1) is 26.6. The van der Waals surface area contributed by atoms with Crippen molar-refractivity contribution in [3.05, 3.63) is 152 Å². The molecule has 55 heavy (non-hydrogen) atoms. The number of hydrogen-bond donors (Lipinski definition) is 3. The van der Waals surface area contributed by atoms with Gasteiger partial charge in [-0.1, -0.05) is 89.9 Å². The van der Waals surface area contributed by atoms with E-state index < -0.39 is 23.0 Å². The third-order valence-corrected chi connectivity index (χ3v) is 11.7. The van der Waals surface area contributed by atoms with Crippen molar-refractivity contribution >= 4 is 86.8 Å². The Morgan fingerprint density at radius 1 is 0.927 bits per heavy atom. The summed E-state index contributed by atoms with van der Waals surface area (Å²) in [5, 5.41) is 9.02. The second kappa shape index (κ2) is 18.6. The molecule has 0 bridgehead atoms. The molecule has 0 radical (unpaired) electrons. The maximum Gasteiger partial charge on any atom is 0.341 e. The van der Waals surface area contributed by atoms with Gasteiger partial charge in [0.05, 0.1) is 27.5 Å². The van der Waals surface area contributed by atoms with E-state index in [-0.39, 0.29) is 23.2 Å². The zero-order valence-electron chi connectivity index (χ0n) is 30.1. The van der Waals surface area contributed by atoms with Crippen LogP contribution in [-0.2, 0) is 33.8 Å². The van der Waals surface area contributed by atoms with Crippen LogP contribution >= 0.6 is 46.3 Å². The SMILES string of the molecule is CCOC(=O)c1c(NC(=O)C(C)Sc2cccc(NC(=O)/C(=C\c3cccc(Cl)c3Cl)NC(=O)c3ccccc3)c2)sc2c1CCN(Cc1ccccc1)C2. The third-order valence-electron chi connectivity index (χ3n) is 8.69. The molecule has 0 fully saturated rings. The van der Waals surface area contributed by atoms with Crippen LogP contribution in [-0.4, -0.2) is 47.0 Å². The molecule has 1 unspecified atom stereocenters. The molecule has 0 saturated carbocycles. The summed E-state index contributed by atoms with van der Waals surface area (Å²) in [4.78, 5) is 57.7. The maximum atomic E-state index is 13.7. The van der Waals surface area contributed by atoms with Gasteiger partial charge in [-0.05, 0) is 79.4 Å². The van der Waals surface area contributed by atoms with Crippen LogP contribution in [0.3, 0.4) is 0 Å². The van der Waals surface area contributed by atoms with Gasteiger partial charge in [-0.3, -0.25) is 19.3 Å². The Bertz CT molecular complexity index is 2230. The fourth-order valence-corrected chi connectivity index (χ4v) is 8.56. The van der Waals surface area contributed by atoms with E-state index in [0.29, 0.717) is 50.3 Å². The number of ether oxygens (including phenoxy) is 1. The van der Waals surface area contributed by atoms with E-state index in [9.17, 15) is 19.2 Å². The molecule has 1 aliphatic rings. The number of rotatable bonds is 13. The summed E-state index contributed by atoms with van der Waals surface area (Å²) < 4.78 is 5.43. The number of anilines is 2. The lowest BCUT2D eigenvalue weighted by Gasteiger charge is -2.27. The number of benzene rings is 4. The topological polar surface area (TPSA) is 117 Å². The smallest absolute Gasteiger partial charge is 0.341 e. The summed E-state index contributed by atoms with van der Waals surface area (Å²) in [5.74, 6) is -1.80. The van der Waals surface area contributed by atoms with Gasteiger partial charge in [0.15, 0.2) is 0 Å². The first-order valence-electron chi connectivity index (χ1n) is 17.6. The Hall–Kier alpha value is -4.91. The minimum Gasteiger partial charge on any atom is -0.462 e. The zero-order chi connectivity index (χ0) is 38.9. The summed E-state index contributed by atoms with van der Waals surface area (Å²) >= 11 is 15.4. The number of nitrogens with zero attached hydrogens (tertiary/aromatic N) is 1. The van der Waals surface area contributed by atoms with Gasteiger partial charge < -0.3 is 20.7 Å². The van der Waals surface area contributed by atoms with E-state index in [2.05, 4.69) is 33.0 Å². The molecule has 2 heterocycles. The average molecular weight is 814 g/mol. The van der Waals surface area contributed by atoms with Gasteiger partial charge in [-0.2, -0.15) is 0 Å². The Balaban J connectivity index is 1.15. The summed E-state index contributed by atoms with van der Waals surface area (Å²) in [6.07, 6.45) is 2.13. The quantitative estimate of drug-likeness (QED) is 0.0617. The number of carbonyl (C=O) groups is 4. The number of fused-ring (bicyclic) bond motifs is 1. The molecule has 3 N–H and O–H groups in total. The van der Waals surface area contributed by atoms with Gasteiger partial charge in [0, 0.05) is 40.7 Å². The molecule has 1 atom stereocenters. The number of carbonyl (C=O) groups excluding carboxylic acids is 4. The predicted octanol–water partition coefficient (Wildman–Crippen LogP) is 9.32. The molecule has 9 nitrogen and oxygen atoms in total. The Morgan fingerprint density at radius 2 is 1.65 bits per heavy atom. The van der Waals surface area contributed by atoms with Crippen molar-refractivity contribution < 1.29 is 23.9 Å². The van der Waals surface area contributed by atoms with Crippen molar-refractivity contribution in [2.45, 2.75) is 43.5 Å². The van der Waals surface area contributed by atoms with E-state index in [1.165, 1.54) is 34.7 Å². The standard InChI is InChI=1S/C42H38Cl2N4O5S2/c1-3-53-42(52)36-32-20-21-48(24-27-12-6-4-7-13-27)25-35(32)55-41(36)47-38(49)26(2)54-31-18-11-17-30(23-31)45-40(51)34(22-29-16-10-19-33(43)37(29)44)46-39(50)28-14-8-5-9-15-28/h4-19,22-23,26H,3,20-21,24-25H2,1-2H3,(H,45,51)(H,46,50)(H,47,49)/b34-22+. The molecule has 6 rings (SSSR count). The van der Waals surface area contributed by atoms with Crippen molar-refractivity contribution in [2.24, 2.45) is 0 Å². The maximum absolute atomic E-state index is 13.7. The highest BCUT2D eigenvalue weighted by Crippen LogP contribution is 2.39. The molecular formula is C42H38Cl2N4O5S2. The van der Waals surface area contributed by atoms with Crippen LogP contribution in [0.25, 0.3) is 6.08 Å². The summed E-state index contributed by atoms with van der Waals surface area (Å²) in [6, 6.07) is 30.8. The van der Waals surface area contributed by atoms with Gasteiger partial charge in [0.1, 0.15) is 10.7 Å². The van der Waals surface area contributed by atoms with Crippen molar-refractivity contribution in [1.29, 1.82) is 0 Å². The van der Waals surface area contributed by atoms with Crippen molar-refractivity contribution in [3.8, 4) is 0 Å². The molecule has 282 valence electrons. The molecule has 3 amide bonds. The van der Waals surface area contributed by atoms with Crippen LogP contribution in [0.4, 0.5) is 10.7 Å². The lowest BCUT2D eigenvalue weighted by atomic mass is 10.0. The number of halogens is 2. The van der Waals surface area contributed by atoms with Crippen LogP contribution in [0.15, 0.2) is 114 Å². The van der Waals surface area contributed by atoms with E-state index in [0.717, 1.165) is 23.5 Å². The van der Waals surface area contributed by atoms with Crippen LogP contribution in [0.2, 0.25) is 10.0 Å². The van der Waals surface area contributed by atoms with E-state index in [1.807, 2.05) is 24.3 Å². The highest BCUT2D eigenvalue weighted by molar-refractivity contribution is 8.00. The fraction of sp³-hybridized carbons (Fsp3) is 0.190. The Morgan fingerprint density at radius 3 is 2.40 bits per heavy atom. The number of nitrogens with one attached hydrogen (secondary N) is 3. The van der Waals surface area contributed by atoms with Crippen LogP contribution < -0.4 is 16.0 Å². The molecular weight excluding hydrogens is 776 g/mol. The Kier molecular flexibility index (Phi) is 13.5. The molecule has 13 heteroatoms. The largest absolute Gasteiger partial charge is 0.462 e. The lowest BCUT2D eigenvalue weighted by molar-refractivity contribution is -0.115. The fourth-order valence-electron chi connectivity index (χ4n) is 5.99. The monoisotopic (exact) mass is 812 g/mol. The van der Waals surface area contributed by atoms with Crippen LogP contribution in [0, 0.1) is 0 Å². The van der Waals surface area contributed by atoms with Crippen molar-refractivity contribution in [3.63, 3.8) is 0 Å². The zero-order valence-corrected chi connectivity index (χ0v) is 33.2. The van der Waals surface area contributed by atoms with E-state index >= 15 is 0 Å². The van der Waals surface area contributed by atoms with Crippen LogP contribution in [0.1, 0.15) is 56.1 Å². The highest BCUT2D eigenvalue weighted by atomic mass is 35.5. The molecule has 1 aromatic heterocycles. The number of esters is 1. The summed E-state index contributed by atoms with van der Waals surface area (Å²) in [5.41, 5.74) is 3.77. The van der Waals surface area contributed by atoms with E-state index in [1.54, 1.807) is 80.6 Å². The molecule has 1 aliphatic heterocycles. The minimum absolute atomic E-state index is 0.0527. The van der Waals surface area contributed by atoms with Crippen molar-refractivity contribution in [2.75, 3.05) is 23.8 Å². The van der Waals surface area contributed by atoms with Gasteiger partial charge in [-0.25, -0.2) is 4.79 Å². The number of thiophene rings is 1. The van der Waals surface area contributed by atoms with Crippen LogP contribution in [0.5, 0.6) is 0 Å². The van der Waals surface area contributed by atoms with E-state index in [4.69, 9.17) is 27.9 Å². The second-order valence-corrected chi connectivity index (χ2v) is 15.9. The summed E-state index contributed by atoms with van der Waals surface area (Å²) in [6.45, 7) is 6.00. The molecule has 5 aromatic rings. The number of thioether (sulfide) groups is 1. The lowest BCUT2D eigenvalue weighted by Crippen LogP contribution is -2.30. The third kappa shape index (κ3) is 10.2. The first-order valence-corrected chi connectivity index (χ1v) is 20.0. The number of hydrogen-bond acceptors (Lipinski definition) is 8. The molecule has 4 aromatic carbocycles.